The van der Waals surface area contributed by atoms with Crippen molar-refractivity contribution in [3.63, 3.8) is 0 Å². The van der Waals surface area contributed by atoms with Gasteiger partial charge in [0.05, 0.1) is 11.3 Å². The highest BCUT2D eigenvalue weighted by Gasteiger charge is 2.16. The number of hydrogen-bond donors (Lipinski definition) is 1. The number of hydrogen-bond acceptors (Lipinski definition) is 4. The second kappa shape index (κ2) is 8.87. The number of carbonyl (C=O) groups excluding carboxylic acids is 1. The number of pyridine rings is 1. The molecule has 0 aliphatic heterocycles. The number of carbonyl (C=O) groups is 1. The first-order valence-electron chi connectivity index (χ1n) is 8.68. The van der Waals surface area contributed by atoms with Crippen LogP contribution in [0.25, 0.3) is 0 Å². The van der Waals surface area contributed by atoms with E-state index in [1.165, 1.54) is 23.7 Å². The van der Waals surface area contributed by atoms with Gasteiger partial charge < -0.3 is 5.32 Å². The van der Waals surface area contributed by atoms with Crippen molar-refractivity contribution < 1.29 is 4.79 Å². The quantitative estimate of drug-likeness (QED) is 0.388. The van der Waals surface area contributed by atoms with Crippen LogP contribution in [0.15, 0.2) is 29.3 Å². The van der Waals surface area contributed by atoms with Crippen molar-refractivity contribution in [2.24, 2.45) is 0 Å². The molecule has 0 atom stereocenters. The Bertz CT molecular complexity index is 876. The minimum atomic E-state index is -0.0834. The number of benzene rings is 1. The Morgan fingerprint density at radius 3 is 2.88 bits per heavy atom. The van der Waals surface area contributed by atoms with Gasteiger partial charge in [0, 0.05) is 15.0 Å². The summed E-state index contributed by atoms with van der Waals surface area (Å²) in [5.74, 6) is 0.159. The molecule has 0 radical (unpaired) electrons. The van der Waals surface area contributed by atoms with E-state index in [2.05, 4.69) is 34.0 Å². The Kier molecular flexibility index (Phi) is 6.54. The molecule has 26 heavy (non-hydrogen) atoms. The largest absolute Gasteiger partial charge is 0.325 e. The molecule has 0 spiro atoms. The minimum absolute atomic E-state index is 0.0834. The zero-order chi connectivity index (χ0) is 18.5. The topological polar surface area (TPSA) is 65.8 Å². The van der Waals surface area contributed by atoms with Gasteiger partial charge in [-0.05, 0) is 90.6 Å². The molecule has 1 heterocycles. The van der Waals surface area contributed by atoms with Gasteiger partial charge in [0.15, 0.2) is 0 Å². The van der Waals surface area contributed by atoms with E-state index in [0.717, 1.165) is 46.2 Å². The molecule has 1 amide bonds. The van der Waals surface area contributed by atoms with E-state index in [1.807, 2.05) is 31.2 Å². The van der Waals surface area contributed by atoms with Crippen molar-refractivity contribution in [3.05, 3.63) is 50.2 Å². The van der Waals surface area contributed by atoms with Crippen molar-refractivity contribution >= 4 is 45.9 Å². The molecule has 0 unspecified atom stereocenters. The first-order chi connectivity index (χ1) is 12.6. The van der Waals surface area contributed by atoms with Gasteiger partial charge in [0.1, 0.15) is 11.1 Å². The van der Waals surface area contributed by atoms with Gasteiger partial charge in [-0.3, -0.25) is 4.79 Å². The average molecular weight is 477 g/mol. The summed E-state index contributed by atoms with van der Waals surface area (Å²) in [7, 11) is 0. The predicted molar refractivity (Wildman–Crippen MR) is 113 cm³/mol. The van der Waals surface area contributed by atoms with E-state index in [9.17, 15) is 10.1 Å². The molecule has 1 aliphatic rings. The normalized spacial score (nSPS) is 13.4. The number of aromatic nitrogens is 1. The van der Waals surface area contributed by atoms with E-state index in [1.54, 1.807) is 0 Å². The Morgan fingerprint density at radius 1 is 1.31 bits per heavy atom. The van der Waals surface area contributed by atoms with Gasteiger partial charge in [-0.2, -0.15) is 5.26 Å². The summed E-state index contributed by atoms with van der Waals surface area (Å²) in [6, 6.07) is 10.1. The van der Waals surface area contributed by atoms with Crippen molar-refractivity contribution in [3.8, 4) is 6.07 Å². The molecule has 0 bridgehead atoms. The highest BCUT2D eigenvalue weighted by molar-refractivity contribution is 14.1. The van der Waals surface area contributed by atoms with Crippen LogP contribution in [0.2, 0.25) is 0 Å². The Hall–Kier alpha value is -1.59. The maximum Gasteiger partial charge on any atom is 0.234 e. The fourth-order valence-electron chi connectivity index (χ4n) is 3.07. The molecule has 1 aliphatic carbocycles. The predicted octanol–water partition coefficient (Wildman–Crippen LogP) is 4.87. The van der Waals surface area contributed by atoms with Crippen LogP contribution in [0.4, 0.5) is 5.69 Å². The fourth-order valence-corrected chi connectivity index (χ4v) is 4.49. The summed E-state index contributed by atoms with van der Waals surface area (Å²) < 4.78 is 1.14. The van der Waals surface area contributed by atoms with Crippen LogP contribution in [-0.4, -0.2) is 16.6 Å². The SMILES string of the molecule is Cc1cc(I)ccc1NC(=O)CSc1nc2c(cc1C#N)CCCCC2. The molecule has 2 aromatic rings. The molecule has 134 valence electrons. The van der Waals surface area contributed by atoms with E-state index < -0.39 is 0 Å². The maximum atomic E-state index is 12.3. The number of amides is 1. The standard InChI is InChI=1S/C20H20IN3OS/c1-13-9-16(21)7-8-17(13)23-19(25)12-26-20-15(11-22)10-14-5-3-2-4-6-18(14)24-20/h7-10H,2-6,12H2,1H3,(H,23,25). The van der Waals surface area contributed by atoms with Gasteiger partial charge >= 0.3 is 0 Å². The minimum Gasteiger partial charge on any atom is -0.325 e. The first kappa shape index (κ1) is 19.2. The van der Waals surface area contributed by atoms with E-state index in [-0.39, 0.29) is 11.7 Å². The molecular weight excluding hydrogens is 457 g/mol. The van der Waals surface area contributed by atoms with Crippen molar-refractivity contribution in [1.29, 1.82) is 5.26 Å². The first-order valence-corrected chi connectivity index (χ1v) is 10.7. The Morgan fingerprint density at radius 2 is 2.12 bits per heavy atom. The van der Waals surface area contributed by atoms with Gasteiger partial charge in [-0.25, -0.2) is 4.98 Å². The molecule has 1 N–H and O–H groups in total. The lowest BCUT2D eigenvalue weighted by atomic mass is 10.1. The number of rotatable bonds is 4. The molecule has 6 heteroatoms. The lowest BCUT2D eigenvalue weighted by molar-refractivity contribution is -0.113. The number of nitrogens with zero attached hydrogens (tertiary/aromatic N) is 2. The summed E-state index contributed by atoms with van der Waals surface area (Å²) in [5, 5.41) is 13.1. The van der Waals surface area contributed by atoms with Gasteiger partial charge in [0.25, 0.3) is 0 Å². The second-order valence-corrected chi connectivity index (χ2v) is 8.63. The fraction of sp³-hybridized carbons (Fsp3) is 0.350. The maximum absolute atomic E-state index is 12.3. The monoisotopic (exact) mass is 477 g/mol. The second-order valence-electron chi connectivity index (χ2n) is 6.42. The highest BCUT2D eigenvalue weighted by atomic mass is 127. The number of aryl methyl sites for hydroxylation is 3. The lowest BCUT2D eigenvalue weighted by Crippen LogP contribution is -2.15. The summed E-state index contributed by atoms with van der Waals surface area (Å²) in [6.07, 6.45) is 5.46. The van der Waals surface area contributed by atoms with Crippen LogP contribution >= 0.6 is 34.4 Å². The summed E-state index contributed by atoms with van der Waals surface area (Å²) >= 11 is 3.59. The van der Waals surface area contributed by atoms with Crippen LogP contribution in [-0.2, 0) is 17.6 Å². The zero-order valence-corrected chi connectivity index (χ0v) is 17.6. The number of halogens is 1. The lowest BCUT2D eigenvalue weighted by Gasteiger charge is -2.11. The van der Waals surface area contributed by atoms with Crippen molar-refractivity contribution in [1.82, 2.24) is 4.98 Å². The molecule has 1 aromatic heterocycles. The van der Waals surface area contributed by atoms with Crippen LogP contribution in [0.5, 0.6) is 0 Å². The molecule has 0 fully saturated rings. The number of thioether (sulfide) groups is 1. The third kappa shape index (κ3) is 4.77. The number of nitrogens with one attached hydrogen (secondary N) is 1. The molecule has 1 aromatic carbocycles. The average Bonchev–Trinajstić information content (AvgIpc) is 2.86. The van der Waals surface area contributed by atoms with Crippen molar-refractivity contribution in [2.45, 2.75) is 44.1 Å². The molecule has 0 saturated heterocycles. The van der Waals surface area contributed by atoms with E-state index in [4.69, 9.17) is 4.98 Å². The van der Waals surface area contributed by atoms with E-state index in [0.29, 0.717) is 10.6 Å². The van der Waals surface area contributed by atoms with Crippen molar-refractivity contribution in [2.75, 3.05) is 11.1 Å². The molecular formula is C20H20IN3OS. The Balaban J connectivity index is 1.69. The Labute approximate surface area is 171 Å². The zero-order valence-electron chi connectivity index (χ0n) is 14.6. The molecule has 0 saturated carbocycles. The third-order valence-corrected chi connectivity index (χ3v) is 6.10. The van der Waals surface area contributed by atoms with Crippen LogP contribution in [0.1, 0.15) is 41.6 Å². The van der Waals surface area contributed by atoms with Gasteiger partial charge in [-0.1, -0.05) is 18.2 Å². The van der Waals surface area contributed by atoms with Crippen LogP contribution in [0.3, 0.4) is 0 Å². The van der Waals surface area contributed by atoms with Crippen LogP contribution < -0.4 is 5.32 Å². The van der Waals surface area contributed by atoms with Gasteiger partial charge in [-0.15, -0.1) is 0 Å². The van der Waals surface area contributed by atoms with Gasteiger partial charge in [0.2, 0.25) is 5.91 Å². The third-order valence-electron chi connectivity index (χ3n) is 4.44. The smallest absolute Gasteiger partial charge is 0.234 e. The number of fused-ring (bicyclic) bond motifs is 1. The number of nitriles is 1. The highest BCUT2D eigenvalue weighted by Crippen LogP contribution is 2.27. The van der Waals surface area contributed by atoms with Crippen LogP contribution in [0, 0.1) is 21.8 Å². The summed E-state index contributed by atoms with van der Waals surface area (Å²) in [6.45, 7) is 1.98. The summed E-state index contributed by atoms with van der Waals surface area (Å²) in [5.41, 5.74) is 4.73. The molecule has 4 nitrogen and oxygen atoms in total. The summed E-state index contributed by atoms with van der Waals surface area (Å²) in [4.78, 5) is 17.0. The molecule has 3 rings (SSSR count). The van der Waals surface area contributed by atoms with E-state index >= 15 is 0 Å². The number of anilines is 1.